The summed E-state index contributed by atoms with van der Waals surface area (Å²) in [7, 11) is 3.38. The highest BCUT2D eigenvalue weighted by Crippen LogP contribution is 2.42. The van der Waals surface area contributed by atoms with E-state index in [9.17, 15) is 0 Å². The van der Waals surface area contributed by atoms with Crippen LogP contribution in [0.4, 0.5) is 11.6 Å². The van der Waals surface area contributed by atoms with E-state index in [4.69, 9.17) is 19.4 Å². The number of ether oxygens (including phenoxy) is 2. The van der Waals surface area contributed by atoms with E-state index in [-0.39, 0.29) is 0 Å². The second kappa shape index (κ2) is 9.90. The van der Waals surface area contributed by atoms with Crippen molar-refractivity contribution in [3.8, 4) is 33.8 Å². The molecule has 6 heteroatoms. The second-order valence-electron chi connectivity index (χ2n) is 8.51. The number of hydrogen-bond acceptors (Lipinski definition) is 6. The Morgan fingerprint density at radius 2 is 1.00 bits per heavy atom. The quantitative estimate of drug-likeness (QED) is 0.447. The van der Waals surface area contributed by atoms with Crippen molar-refractivity contribution in [1.29, 1.82) is 0 Å². The molecule has 0 fully saturated rings. The maximum atomic E-state index is 5.80. The molecule has 0 spiro atoms. The Kier molecular flexibility index (Phi) is 7.23. The van der Waals surface area contributed by atoms with Crippen LogP contribution in [0.1, 0.15) is 39.1 Å². The summed E-state index contributed by atoms with van der Waals surface area (Å²) in [5.74, 6) is 3.25. The molecule has 2 heterocycles. The van der Waals surface area contributed by atoms with Gasteiger partial charge in [-0.15, -0.1) is 0 Å². The molecule has 0 aliphatic carbocycles. The zero-order chi connectivity index (χ0) is 23.4. The van der Waals surface area contributed by atoms with Gasteiger partial charge in [-0.2, -0.15) is 0 Å². The number of benzene rings is 1. The molecule has 0 aliphatic rings. The van der Waals surface area contributed by atoms with Crippen LogP contribution in [0.25, 0.3) is 22.3 Å². The number of pyridine rings is 2. The van der Waals surface area contributed by atoms with Crippen molar-refractivity contribution >= 4 is 11.6 Å². The molecule has 32 heavy (non-hydrogen) atoms. The summed E-state index contributed by atoms with van der Waals surface area (Å²) in [6.07, 6.45) is 0. The lowest BCUT2D eigenvalue weighted by atomic mass is 9.96. The molecule has 2 aromatic heterocycles. The highest BCUT2D eigenvalue weighted by molar-refractivity contribution is 5.83. The average molecular weight is 435 g/mol. The molecule has 0 radical (unpaired) electrons. The molecule has 0 unspecified atom stereocenters. The van der Waals surface area contributed by atoms with Crippen LogP contribution in [0.5, 0.6) is 11.5 Å². The summed E-state index contributed by atoms with van der Waals surface area (Å²) in [5, 5.41) is 6.70. The number of anilines is 2. The van der Waals surface area contributed by atoms with Gasteiger partial charge < -0.3 is 20.1 Å². The highest BCUT2D eigenvalue weighted by Gasteiger charge is 2.18. The molecule has 0 aliphatic heterocycles. The number of nitrogens with one attached hydrogen (secondary N) is 2. The number of aromatic nitrogens is 2. The second-order valence-corrected chi connectivity index (χ2v) is 8.51. The highest BCUT2D eigenvalue weighted by atomic mass is 16.5. The van der Waals surface area contributed by atoms with Crippen LogP contribution in [-0.2, 0) is 0 Å². The van der Waals surface area contributed by atoms with Gasteiger partial charge in [-0.05, 0) is 77.9 Å². The van der Waals surface area contributed by atoms with E-state index in [1.54, 1.807) is 14.2 Å². The monoisotopic (exact) mass is 434 g/mol. The molecule has 3 rings (SSSR count). The van der Waals surface area contributed by atoms with Crippen molar-refractivity contribution in [2.45, 2.75) is 53.6 Å². The van der Waals surface area contributed by atoms with Gasteiger partial charge in [-0.25, -0.2) is 9.97 Å². The smallest absolute Gasteiger partial charge is 0.127 e. The van der Waals surface area contributed by atoms with E-state index < -0.39 is 0 Å². The van der Waals surface area contributed by atoms with Crippen molar-refractivity contribution in [1.82, 2.24) is 9.97 Å². The van der Waals surface area contributed by atoms with E-state index in [1.165, 1.54) is 0 Å². The summed E-state index contributed by atoms with van der Waals surface area (Å²) in [5.41, 5.74) is 5.74. The van der Waals surface area contributed by atoms with Crippen molar-refractivity contribution in [2.24, 2.45) is 0 Å². The zero-order valence-corrected chi connectivity index (χ0v) is 20.3. The fourth-order valence-corrected chi connectivity index (χ4v) is 3.76. The lowest BCUT2D eigenvalue weighted by molar-refractivity contribution is 0.406. The number of aryl methyl sites for hydroxylation is 2. The Morgan fingerprint density at radius 3 is 1.28 bits per heavy atom. The first-order chi connectivity index (χ1) is 15.2. The third kappa shape index (κ3) is 5.13. The van der Waals surface area contributed by atoms with E-state index in [0.29, 0.717) is 12.1 Å². The molecule has 0 amide bonds. The summed E-state index contributed by atoms with van der Waals surface area (Å²) >= 11 is 0. The van der Waals surface area contributed by atoms with E-state index in [0.717, 1.165) is 56.8 Å². The fourth-order valence-electron chi connectivity index (χ4n) is 3.76. The fraction of sp³-hybridized carbons (Fsp3) is 0.385. The van der Waals surface area contributed by atoms with Gasteiger partial charge in [-0.1, -0.05) is 0 Å². The van der Waals surface area contributed by atoms with Gasteiger partial charge in [0.25, 0.3) is 0 Å². The maximum absolute atomic E-state index is 5.80. The predicted octanol–water partition coefficient (Wildman–Crippen LogP) is 6.09. The molecule has 2 N–H and O–H groups in total. The Morgan fingerprint density at radius 1 is 0.625 bits per heavy atom. The molecule has 1 aromatic carbocycles. The van der Waals surface area contributed by atoms with Crippen molar-refractivity contribution < 1.29 is 9.47 Å². The normalized spacial score (nSPS) is 11.1. The summed E-state index contributed by atoms with van der Waals surface area (Å²) < 4.78 is 11.6. The van der Waals surface area contributed by atoms with Crippen molar-refractivity contribution in [3.63, 3.8) is 0 Å². The minimum absolute atomic E-state index is 0.320. The summed E-state index contributed by atoms with van der Waals surface area (Å²) in [4.78, 5) is 9.45. The Balaban J connectivity index is 2.08. The van der Waals surface area contributed by atoms with Crippen LogP contribution in [0.15, 0.2) is 36.4 Å². The lowest BCUT2D eigenvalue weighted by Gasteiger charge is -2.18. The summed E-state index contributed by atoms with van der Waals surface area (Å²) in [6, 6.07) is 12.8. The van der Waals surface area contributed by atoms with Gasteiger partial charge in [0.05, 0.1) is 14.2 Å². The Bertz CT molecular complexity index is 1010. The predicted molar refractivity (Wildman–Crippen MR) is 133 cm³/mol. The minimum Gasteiger partial charge on any atom is -0.496 e. The third-order valence-electron chi connectivity index (χ3n) is 5.15. The first kappa shape index (κ1) is 23.4. The molecule has 3 aromatic rings. The van der Waals surface area contributed by atoms with Crippen molar-refractivity contribution in [3.05, 3.63) is 47.8 Å². The first-order valence-electron chi connectivity index (χ1n) is 11.0. The molecule has 0 saturated heterocycles. The number of methoxy groups -OCH3 is 2. The molecule has 0 atom stereocenters. The van der Waals surface area contributed by atoms with Crippen LogP contribution in [0, 0.1) is 13.8 Å². The van der Waals surface area contributed by atoms with Crippen molar-refractivity contribution in [2.75, 3.05) is 24.9 Å². The molecular formula is C26H34N4O2. The number of hydrogen-bond donors (Lipinski definition) is 2. The molecule has 0 bridgehead atoms. The van der Waals surface area contributed by atoms with E-state index in [2.05, 4.69) is 50.5 Å². The standard InChI is InChI=1S/C26H34N4O2/c1-15(2)27-25-11-9-19(17(5)29-25)21-13-24(32-8)22(14-23(21)31-7)20-10-12-26(28-16(3)4)30-18(20)6/h9-16H,1-8H3,(H,27,29)(H,28,30). The zero-order valence-electron chi connectivity index (χ0n) is 20.3. The topological polar surface area (TPSA) is 68.3 Å². The van der Waals surface area contributed by atoms with Crippen LogP contribution in [0.3, 0.4) is 0 Å². The number of nitrogens with zero attached hydrogens (tertiary/aromatic N) is 2. The molecular weight excluding hydrogens is 400 g/mol. The van der Waals surface area contributed by atoms with Gasteiger partial charge >= 0.3 is 0 Å². The lowest BCUT2D eigenvalue weighted by Crippen LogP contribution is -2.11. The Hall–Kier alpha value is -3.28. The third-order valence-corrected chi connectivity index (χ3v) is 5.15. The van der Waals surface area contributed by atoms with Crippen LogP contribution in [0.2, 0.25) is 0 Å². The van der Waals surface area contributed by atoms with Gasteiger partial charge in [0.2, 0.25) is 0 Å². The SMILES string of the molecule is COc1cc(-c2ccc(NC(C)C)nc2C)c(OC)cc1-c1ccc(NC(C)C)nc1C. The van der Waals surface area contributed by atoms with Gasteiger partial charge in [0.15, 0.2) is 0 Å². The molecule has 170 valence electrons. The van der Waals surface area contributed by atoms with E-state index >= 15 is 0 Å². The largest absolute Gasteiger partial charge is 0.496 e. The van der Waals surface area contributed by atoms with Gasteiger partial charge in [0, 0.05) is 45.7 Å². The average Bonchev–Trinajstić information content (AvgIpc) is 2.72. The first-order valence-corrected chi connectivity index (χ1v) is 11.0. The summed E-state index contributed by atoms with van der Waals surface area (Å²) in [6.45, 7) is 12.4. The van der Waals surface area contributed by atoms with Crippen LogP contribution < -0.4 is 20.1 Å². The Labute approximate surface area is 191 Å². The maximum Gasteiger partial charge on any atom is 0.127 e. The van der Waals surface area contributed by atoms with Gasteiger partial charge in [-0.3, -0.25) is 0 Å². The molecule has 0 saturated carbocycles. The van der Waals surface area contributed by atoms with Crippen LogP contribution in [-0.4, -0.2) is 36.3 Å². The van der Waals surface area contributed by atoms with Crippen LogP contribution >= 0.6 is 0 Å². The number of rotatable bonds is 8. The van der Waals surface area contributed by atoms with E-state index in [1.807, 2.05) is 38.1 Å². The molecule has 6 nitrogen and oxygen atoms in total. The minimum atomic E-state index is 0.320. The van der Waals surface area contributed by atoms with Gasteiger partial charge in [0.1, 0.15) is 23.1 Å².